The van der Waals surface area contributed by atoms with Crippen molar-refractivity contribution in [2.24, 2.45) is 5.92 Å². The topological polar surface area (TPSA) is 75.7 Å². The smallest absolute Gasteiger partial charge is 0.226 e. The molecule has 0 radical (unpaired) electrons. The SMILES string of the molecule is CN(C)S(=O)(=O)CCNC(=O)[C@@H]1COc2ccccc2C1. The molecular weight excluding hydrogens is 292 g/mol. The first-order valence-electron chi connectivity index (χ1n) is 6.79. The molecule has 1 aromatic rings. The van der Waals surface area contributed by atoms with Gasteiger partial charge >= 0.3 is 0 Å². The number of carbonyl (C=O) groups excluding carboxylic acids is 1. The average Bonchev–Trinajstić information content (AvgIpc) is 2.46. The van der Waals surface area contributed by atoms with Crippen molar-refractivity contribution in [2.75, 3.05) is 33.0 Å². The van der Waals surface area contributed by atoms with Crippen LogP contribution in [0.4, 0.5) is 0 Å². The van der Waals surface area contributed by atoms with Crippen LogP contribution in [0.1, 0.15) is 5.56 Å². The van der Waals surface area contributed by atoms with Gasteiger partial charge in [0.05, 0.1) is 11.7 Å². The molecule has 21 heavy (non-hydrogen) atoms. The molecule has 1 amide bonds. The number of sulfonamides is 1. The Bertz CT molecular complexity index is 613. The van der Waals surface area contributed by atoms with Crippen molar-refractivity contribution >= 4 is 15.9 Å². The Morgan fingerprint density at radius 3 is 2.81 bits per heavy atom. The summed E-state index contributed by atoms with van der Waals surface area (Å²) in [6.45, 7) is 0.431. The van der Waals surface area contributed by atoms with Crippen LogP contribution >= 0.6 is 0 Å². The Morgan fingerprint density at radius 1 is 1.38 bits per heavy atom. The molecule has 0 aromatic heterocycles. The molecular formula is C14H20N2O4S. The minimum absolute atomic E-state index is 0.101. The maximum atomic E-state index is 12.1. The molecule has 7 heteroatoms. The van der Waals surface area contributed by atoms with Crippen LogP contribution in [0.3, 0.4) is 0 Å². The largest absolute Gasteiger partial charge is 0.492 e. The van der Waals surface area contributed by atoms with E-state index in [2.05, 4.69) is 5.32 Å². The third-order valence-electron chi connectivity index (χ3n) is 3.47. The average molecular weight is 312 g/mol. The number of nitrogens with zero attached hydrogens (tertiary/aromatic N) is 1. The van der Waals surface area contributed by atoms with E-state index in [1.807, 2.05) is 24.3 Å². The maximum absolute atomic E-state index is 12.1. The number of nitrogens with one attached hydrogen (secondary N) is 1. The van der Waals surface area contributed by atoms with Gasteiger partial charge in [-0.25, -0.2) is 12.7 Å². The number of benzene rings is 1. The van der Waals surface area contributed by atoms with Crippen molar-refractivity contribution in [1.82, 2.24) is 9.62 Å². The molecule has 0 spiro atoms. The minimum atomic E-state index is -3.29. The predicted octanol–water partition coefficient (Wildman–Crippen LogP) is 0.245. The van der Waals surface area contributed by atoms with Crippen LogP contribution in [0.2, 0.25) is 0 Å². The van der Waals surface area contributed by atoms with Gasteiger partial charge in [0.15, 0.2) is 0 Å². The highest BCUT2D eigenvalue weighted by Crippen LogP contribution is 2.26. The first-order valence-corrected chi connectivity index (χ1v) is 8.39. The van der Waals surface area contributed by atoms with Gasteiger partial charge in [0, 0.05) is 20.6 Å². The summed E-state index contributed by atoms with van der Waals surface area (Å²) in [5.74, 6) is 0.271. The van der Waals surface area contributed by atoms with Crippen molar-refractivity contribution in [1.29, 1.82) is 0 Å². The Balaban J connectivity index is 1.86. The molecule has 1 atom stereocenters. The fourth-order valence-corrected chi connectivity index (χ4v) is 2.85. The molecule has 1 aliphatic rings. The number of carbonyl (C=O) groups is 1. The fourth-order valence-electron chi connectivity index (χ4n) is 2.13. The Kier molecular flexibility index (Phi) is 4.84. The summed E-state index contributed by atoms with van der Waals surface area (Å²) in [5, 5.41) is 2.67. The summed E-state index contributed by atoms with van der Waals surface area (Å²) in [6, 6.07) is 7.62. The van der Waals surface area contributed by atoms with Crippen molar-refractivity contribution in [3.8, 4) is 5.75 Å². The molecule has 0 fully saturated rings. The van der Waals surface area contributed by atoms with Gasteiger partial charge < -0.3 is 10.1 Å². The van der Waals surface area contributed by atoms with Gasteiger partial charge in [0.2, 0.25) is 15.9 Å². The van der Waals surface area contributed by atoms with Gasteiger partial charge in [0.25, 0.3) is 0 Å². The molecule has 0 unspecified atom stereocenters. The molecule has 0 saturated carbocycles. The van der Waals surface area contributed by atoms with Crippen LogP contribution in [0, 0.1) is 5.92 Å². The van der Waals surface area contributed by atoms with Crippen LogP contribution in [0.5, 0.6) is 5.75 Å². The highest BCUT2D eigenvalue weighted by molar-refractivity contribution is 7.89. The van der Waals surface area contributed by atoms with E-state index in [0.29, 0.717) is 13.0 Å². The monoisotopic (exact) mass is 312 g/mol. The van der Waals surface area contributed by atoms with Gasteiger partial charge in [-0.1, -0.05) is 18.2 Å². The second kappa shape index (κ2) is 6.44. The minimum Gasteiger partial charge on any atom is -0.492 e. The zero-order valence-electron chi connectivity index (χ0n) is 12.2. The Labute approximate surface area is 125 Å². The van der Waals surface area contributed by atoms with Gasteiger partial charge in [-0.05, 0) is 18.1 Å². The number of para-hydroxylation sites is 1. The highest BCUT2D eigenvalue weighted by atomic mass is 32.2. The molecule has 1 aliphatic heterocycles. The third-order valence-corrected chi connectivity index (χ3v) is 5.30. The van der Waals surface area contributed by atoms with Gasteiger partial charge in [-0.15, -0.1) is 0 Å². The molecule has 6 nitrogen and oxygen atoms in total. The normalized spacial score (nSPS) is 18.0. The van der Waals surface area contributed by atoms with Gasteiger partial charge in [-0.3, -0.25) is 4.79 Å². The molecule has 1 aromatic carbocycles. The maximum Gasteiger partial charge on any atom is 0.226 e. The lowest BCUT2D eigenvalue weighted by atomic mass is 9.96. The van der Waals surface area contributed by atoms with E-state index in [9.17, 15) is 13.2 Å². The Morgan fingerprint density at radius 2 is 2.10 bits per heavy atom. The number of ether oxygens (including phenoxy) is 1. The van der Waals surface area contributed by atoms with Crippen LogP contribution in [-0.2, 0) is 21.2 Å². The van der Waals surface area contributed by atoms with Gasteiger partial charge in [-0.2, -0.15) is 0 Å². The molecule has 116 valence electrons. The van der Waals surface area contributed by atoms with E-state index < -0.39 is 10.0 Å². The molecule has 0 saturated heterocycles. The lowest BCUT2D eigenvalue weighted by Crippen LogP contribution is -2.40. The molecule has 0 aliphatic carbocycles. The summed E-state index contributed by atoms with van der Waals surface area (Å²) in [4.78, 5) is 12.1. The van der Waals surface area contributed by atoms with Crippen LogP contribution in [0.15, 0.2) is 24.3 Å². The standard InChI is InChI=1S/C14H20N2O4S/c1-16(2)21(18,19)8-7-15-14(17)12-9-11-5-3-4-6-13(11)20-10-12/h3-6,12H,7-10H2,1-2H3,(H,15,17)/t12-/m0/s1. The number of hydrogen-bond acceptors (Lipinski definition) is 4. The first kappa shape index (κ1) is 15.8. The summed E-state index contributed by atoms with van der Waals surface area (Å²) < 4.78 is 29.9. The quantitative estimate of drug-likeness (QED) is 0.845. The fraction of sp³-hybridized carbons (Fsp3) is 0.500. The zero-order valence-corrected chi connectivity index (χ0v) is 13.0. The lowest BCUT2D eigenvalue weighted by molar-refractivity contribution is -0.126. The van der Waals surface area contributed by atoms with E-state index in [-0.39, 0.29) is 24.1 Å². The van der Waals surface area contributed by atoms with Crippen LogP contribution in [0.25, 0.3) is 0 Å². The van der Waals surface area contributed by atoms with E-state index >= 15 is 0 Å². The third kappa shape index (κ3) is 3.95. The van der Waals surface area contributed by atoms with E-state index in [1.165, 1.54) is 14.1 Å². The Hall–Kier alpha value is -1.60. The zero-order chi connectivity index (χ0) is 15.5. The summed E-state index contributed by atoms with van der Waals surface area (Å²) in [7, 11) is -0.335. The lowest BCUT2D eigenvalue weighted by Gasteiger charge is -2.24. The second-order valence-corrected chi connectivity index (χ2v) is 7.51. The van der Waals surface area contributed by atoms with Crippen molar-refractivity contribution in [2.45, 2.75) is 6.42 Å². The highest BCUT2D eigenvalue weighted by Gasteiger charge is 2.25. The summed E-state index contributed by atoms with van der Waals surface area (Å²) in [5.41, 5.74) is 1.00. The van der Waals surface area contributed by atoms with E-state index in [4.69, 9.17) is 4.74 Å². The first-order chi connectivity index (χ1) is 9.90. The molecule has 1 heterocycles. The van der Waals surface area contributed by atoms with Crippen LogP contribution in [-0.4, -0.2) is 51.6 Å². The number of hydrogen-bond donors (Lipinski definition) is 1. The van der Waals surface area contributed by atoms with E-state index in [0.717, 1.165) is 15.6 Å². The van der Waals surface area contributed by atoms with Crippen molar-refractivity contribution in [3.05, 3.63) is 29.8 Å². The second-order valence-electron chi connectivity index (χ2n) is 5.21. The molecule has 2 rings (SSSR count). The number of amides is 1. The predicted molar refractivity (Wildman–Crippen MR) is 79.6 cm³/mol. The van der Waals surface area contributed by atoms with Gasteiger partial charge in [0.1, 0.15) is 12.4 Å². The summed E-state index contributed by atoms with van der Waals surface area (Å²) >= 11 is 0. The van der Waals surface area contributed by atoms with Crippen LogP contribution < -0.4 is 10.1 Å². The number of fused-ring (bicyclic) bond motifs is 1. The van der Waals surface area contributed by atoms with Crippen molar-refractivity contribution < 1.29 is 17.9 Å². The summed E-state index contributed by atoms with van der Waals surface area (Å²) in [6.07, 6.45) is 0.614. The van der Waals surface area contributed by atoms with Crippen molar-refractivity contribution in [3.63, 3.8) is 0 Å². The molecule has 0 bridgehead atoms. The molecule has 1 N–H and O–H groups in total. The number of rotatable bonds is 5. The van der Waals surface area contributed by atoms with E-state index in [1.54, 1.807) is 0 Å².